The summed E-state index contributed by atoms with van der Waals surface area (Å²) in [4.78, 5) is 10.4. The minimum atomic E-state index is -0.463. The highest BCUT2D eigenvalue weighted by Crippen LogP contribution is 2.17. The molecule has 2 aromatic heterocycles. The summed E-state index contributed by atoms with van der Waals surface area (Å²) in [5.41, 5.74) is 2.15. The summed E-state index contributed by atoms with van der Waals surface area (Å²) in [7, 11) is 2.01. The Morgan fingerprint density at radius 3 is 2.63 bits per heavy atom. The van der Waals surface area contributed by atoms with Crippen molar-refractivity contribution < 1.29 is 5.11 Å². The quantitative estimate of drug-likeness (QED) is 0.892. The highest BCUT2D eigenvalue weighted by Gasteiger charge is 2.06. The van der Waals surface area contributed by atoms with Crippen molar-refractivity contribution in [1.29, 1.82) is 0 Å². The van der Waals surface area contributed by atoms with E-state index in [1.807, 2.05) is 43.7 Å². The number of hydrogen-bond donors (Lipinski definition) is 1. The standard InChI is InChI=1S/C15H19N3O/c1-12(19)14-5-9-17-15(11-14)18(2)10-6-13-3-7-16-8-4-13/h3-5,7-9,11-12,19H,6,10H2,1-2H3/t12-/m0/s1. The molecule has 0 aromatic carbocycles. The molecule has 0 saturated heterocycles. The molecule has 2 rings (SSSR count). The number of rotatable bonds is 5. The van der Waals surface area contributed by atoms with Gasteiger partial charge in [-0.1, -0.05) is 0 Å². The van der Waals surface area contributed by atoms with Gasteiger partial charge in [0.15, 0.2) is 0 Å². The Morgan fingerprint density at radius 2 is 1.95 bits per heavy atom. The molecular formula is C15H19N3O. The lowest BCUT2D eigenvalue weighted by Gasteiger charge is -2.19. The number of likely N-dealkylation sites (N-methyl/N-ethyl adjacent to an activating group) is 1. The minimum absolute atomic E-state index is 0.463. The Kier molecular flexibility index (Phi) is 4.47. The second kappa shape index (κ2) is 6.29. The summed E-state index contributed by atoms with van der Waals surface area (Å²) in [5, 5.41) is 9.58. The molecule has 0 aliphatic heterocycles. The Morgan fingerprint density at radius 1 is 1.21 bits per heavy atom. The Hall–Kier alpha value is -1.94. The lowest BCUT2D eigenvalue weighted by molar-refractivity contribution is 0.199. The van der Waals surface area contributed by atoms with Gasteiger partial charge in [0.2, 0.25) is 0 Å². The van der Waals surface area contributed by atoms with E-state index >= 15 is 0 Å². The van der Waals surface area contributed by atoms with E-state index in [9.17, 15) is 5.11 Å². The van der Waals surface area contributed by atoms with Crippen molar-refractivity contribution in [3.8, 4) is 0 Å². The van der Waals surface area contributed by atoms with E-state index in [0.717, 1.165) is 24.3 Å². The fourth-order valence-electron chi connectivity index (χ4n) is 1.86. The summed E-state index contributed by atoms with van der Waals surface area (Å²) in [6.45, 7) is 2.64. The third-order valence-electron chi connectivity index (χ3n) is 3.13. The summed E-state index contributed by atoms with van der Waals surface area (Å²) in [5.74, 6) is 0.882. The van der Waals surface area contributed by atoms with Crippen LogP contribution < -0.4 is 4.90 Å². The largest absolute Gasteiger partial charge is 0.389 e. The summed E-state index contributed by atoms with van der Waals surface area (Å²) in [6.07, 6.45) is 5.83. The van der Waals surface area contributed by atoms with E-state index in [2.05, 4.69) is 14.9 Å². The van der Waals surface area contributed by atoms with Crippen LogP contribution in [0.15, 0.2) is 42.9 Å². The van der Waals surface area contributed by atoms with Crippen LogP contribution in [0.4, 0.5) is 5.82 Å². The number of aliphatic hydroxyl groups is 1. The first-order valence-electron chi connectivity index (χ1n) is 6.41. The molecule has 0 amide bonds. The van der Waals surface area contributed by atoms with E-state index in [-0.39, 0.29) is 0 Å². The van der Waals surface area contributed by atoms with Crippen molar-refractivity contribution in [2.75, 3.05) is 18.5 Å². The molecule has 2 heterocycles. The van der Waals surface area contributed by atoms with Crippen molar-refractivity contribution in [1.82, 2.24) is 9.97 Å². The van der Waals surface area contributed by atoms with Crippen LogP contribution in [0.5, 0.6) is 0 Å². The maximum Gasteiger partial charge on any atom is 0.128 e. The zero-order valence-electron chi connectivity index (χ0n) is 11.3. The molecule has 2 aromatic rings. The van der Waals surface area contributed by atoms with E-state index < -0.39 is 6.10 Å². The van der Waals surface area contributed by atoms with Gasteiger partial charge in [-0.3, -0.25) is 4.98 Å². The van der Waals surface area contributed by atoms with Crippen LogP contribution in [0.1, 0.15) is 24.2 Å². The second-order valence-electron chi connectivity index (χ2n) is 4.65. The molecule has 0 aliphatic rings. The van der Waals surface area contributed by atoms with E-state index in [0.29, 0.717) is 0 Å². The molecular weight excluding hydrogens is 238 g/mol. The van der Waals surface area contributed by atoms with Gasteiger partial charge in [0, 0.05) is 32.2 Å². The van der Waals surface area contributed by atoms with Crippen molar-refractivity contribution in [3.63, 3.8) is 0 Å². The minimum Gasteiger partial charge on any atom is -0.389 e. The van der Waals surface area contributed by atoms with Crippen molar-refractivity contribution in [3.05, 3.63) is 54.0 Å². The first-order valence-corrected chi connectivity index (χ1v) is 6.41. The van der Waals surface area contributed by atoms with Gasteiger partial charge < -0.3 is 10.0 Å². The van der Waals surface area contributed by atoms with Crippen LogP contribution in [0, 0.1) is 0 Å². The molecule has 0 bridgehead atoms. The molecule has 1 N–H and O–H groups in total. The number of aromatic nitrogens is 2. The van der Waals surface area contributed by atoms with Crippen LogP contribution in [0.2, 0.25) is 0 Å². The second-order valence-corrected chi connectivity index (χ2v) is 4.65. The monoisotopic (exact) mass is 257 g/mol. The Balaban J connectivity index is 2.00. The average Bonchev–Trinajstić information content (AvgIpc) is 2.46. The Bertz CT molecular complexity index is 514. The third-order valence-corrected chi connectivity index (χ3v) is 3.13. The first kappa shape index (κ1) is 13.5. The maximum absolute atomic E-state index is 9.58. The smallest absolute Gasteiger partial charge is 0.128 e. The van der Waals surface area contributed by atoms with E-state index in [1.54, 1.807) is 13.1 Å². The first-order chi connectivity index (χ1) is 9.16. The highest BCUT2D eigenvalue weighted by atomic mass is 16.3. The number of aliphatic hydroxyl groups excluding tert-OH is 1. The fraction of sp³-hybridized carbons (Fsp3) is 0.333. The lowest BCUT2D eigenvalue weighted by atomic mass is 10.1. The maximum atomic E-state index is 9.58. The predicted molar refractivity (Wildman–Crippen MR) is 76.1 cm³/mol. The predicted octanol–water partition coefficient (Wildman–Crippen LogP) is 2.21. The molecule has 1 atom stereocenters. The van der Waals surface area contributed by atoms with Gasteiger partial charge >= 0.3 is 0 Å². The van der Waals surface area contributed by atoms with Crippen molar-refractivity contribution >= 4 is 5.82 Å². The van der Waals surface area contributed by atoms with Gasteiger partial charge in [-0.15, -0.1) is 0 Å². The number of hydrogen-bond acceptors (Lipinski definition) is 4. The molecule has 0 radical (unpaired) electrons. The van der Waals surface area contributed by atoms with E-state index in [1.165, 1.54) is 5.56 Å². The topological polar surface area (TPSA) is 49.3 Å². The summed E-state index contributed by atoms with van der Waals surface area (Å²) in [6, 6.07) is 7.81. The lowest BCUT2D eigenvalue weighted by Crippen LogP contribution is -2.21. The van der Waals surface area contributed by atoms with Gasteiger partial charge in [-0.25, -0.2) is 4.98 Å². The number of pyridine rings is 2. The molecule has 0 saturated carbocycles. The zero-order chi connectivity index (χ0) is 13.7. The Labute approximate surface area is 113 Å². The van der Waals surface area contributed by atoms with Gasteiger partial charge in [0.05, 0.1) is 6.10 Å². The van der Waals surface area contributed by atoms with E-state index in [4.69, 9.17) is 0 Å². The van der Waals surface area contributed by atoms with Crippen LogP contribution in [-0.4, -0.2) is 28.7 Å². The third kappa shape index (κ3) is 3.76. The van der Waals surface area contributed by atoms with Crippen molar-refractivity contribution in [2.24, 2.45) is 0 Å². The van der Waals surface area contributed by atoms with Gasteiger partial charge in [-0.05, 0) is 48.7 Å². The average molecular weight is 257 g/mol. The van der Waals surface area contributed by atoms with Crippen molar-refractivity contribution in [2.45, 2.75) is 19.4 Å². The molecule has 0 unspecified atom stereocenters. The van der Waals surface area contributed by atoms with Crippen LogP contribution in [-0.2, 0) is 6.42 Å². The zero-order valence-corrected chi connectivity index (χ0v) is 11.3. The number of nitrogens with zero attached hydrogens (tertiary/aromatic N) is 3. The van der Waals surface area contributed by atoms with Gasteiger partial charge in [0.1, 0.15) is 5.82 Å². The SMILES string of the molecule is C[C@H](O)c1ccnc(N(C)CCc2ccncc2)c1. The summed E-state index contributed by atoms with van der Waals surface area (Å²) >= 11 is 0. The van der Waals surface area contributed by atoms with Gasteiger partial charge in [-0.2, -0.15) is 0 Å². The molecule has 0 fully saturated rings. The van der Waals surface area contributed by atoms with Gasteiger partial charge in [0.25, 0.3) is 0 Å². The highest BCUT2D eigenvalue weighted by molar-refractivity contribution is 5.40. The fourth-order valence-corrected chi connectivity index (χ4v) is 1.86. The van der Waals surface area contributed by atoms with Crippen LogP contribution in [0.25, 0.3) is 0 Å². The molecule has 4 nitrogen and oxygen atoms in total. The van der Waals surface area contributed by atoms with Crippen LogP contribution >= 0.6 is 0 Å². The number of anilines is 1. The molecule has 0 spiro atoms. The van der Waals surface area contributed by atoms with Crippen LogP contribution in [0.3, 0.4) is 0 Å². The molecule has 100 valence electrons. The molecule has 19 heavy (non-hydrogen) atoms. The molecule has 0 aliphatic carbocycles. The molecule has 4 heteroatoms. The normalized spacial score (nSPS) is 12.2. The summed E-state index contributed by atoms with van der Waals surface area (Å²) < 4.78 is 0.